The molecule has 0 radical (unpaired) electrons. The topological polar surface area (TPSA) is 26.0 Å². The van der Waals surface area contributed by atoms with E-state index in [1.807, 2.05) is 0 Å². The molecule has 2 aromatic carbocycles. The molecule has 0 amide bonds. The summed E-state index contributed by atoms with van der Waals surface area (Å²) in [4.78, 5) is 2.51. The Bertz CT molecular complexity index is 538. The van der Waals surface area contributed by atoms with E-state index in [2.05, 4.69) is 69.3 Å². The Kier molecular flexibility index (Phi) is 4.33. The molecule has 0 saturated heterocycles. The van der Waals surface area contributed by atoms with Crippen LogP contribution in [0.4, 0.5) is 0 Å². The monoisotopic (exact) mass is 271 g/mol. The van der Waals surface area contributed by atoms with Crippen LogP contribution in [0.3, 0.4) is 0 Å². The van der Waals surface area contributed by atoms with Gasteiger partial charge in [0.25, 0.3) is 0 Å². The molecular formula is C17H21NS. The average molecular weight is 271 g/mol. The van der Waals surface area contributed by atoms with E-state index in [1.54, 1.807) is 11.8 Å². The van der Waals surface area contributed by atoms with Crippen LogP contribution in [0, 0.1) is 0 Å². The van der Waals surface area contributed by atoms with Crippen molar-refractivity contribution >= 4 is 11.8 Å². The molecular weight excluding hydrogens is 250 g/mol. The molecule has 0 aliphatic rings. The standard InChI is InChI=1S/C17H21NS/c1-17(2,3)14-7-9-15(10-8-14)19-16-6-4-5-13(11-16)12-18/h4-11H,12,18H2,1-3H3. The summed E-state index contributed by atoms with van der Waals surface area (Å²) in [5, 5.41) is 0. The summed E-state index contributed by atoms with van der Waals surface area (Å²) >= 11 is 1.78. The van der Waals surface area contributed by atoms with Crippen LogP contribution in [0.2, 0.25) is 0 Å². The highest BCUT2D eigenvalue weighted by Gasteiger charge is 2.12. The van der Waals surface area contributed by atoms with Crippen LogP contribution in [-0.2, 0) is 12.0 Å². The van der Waals surface area contributed by atoms with E-state index in [-0.39, 0.29) is 5.41 Å². The van der Waals surface area contributed by atoms with Crippen LogP contribution in [-0.4, -0.2) is 0 Å². The fraction of sp³-hybridized carbons (Fsp3) is 0.294. The second kappa shape index (κ2) is 5.81. The van der Waals surface area contributed by atoms with Crippen LogP contribution >= 0.6 is 11.8 Å². The molecule has 0 aliphatic heterocycles. The maximum absolute atomic E-state index is 5.67. The Morgan fingerprint density at radius 2 is 1.63 bits per heavy atom. The minimum atomic E-state index is 0.211. The molecule has 0 bridgehead atoms. The number of hydrogen-bond donors (Lipinski definition) is 1. The quantitative estimate of drug-likeness (QED) is 0.883. The van der Waals surface area contributed by atoms with Crippen molar-refractivity contribution in [3.63, 3.8) is 0 Å². The van der Waals surface area contributed by atoms with Crippen molar-refractivity contribution in [1.29, 1.82) is 0 Å². The summed E-state index contributed by atoms with van der Waals surface area (Å²) in [5.74, 6) is 0. The predicted octanol–water partition coefficient (Wildman–Crippen LogP) is 4.59. The van der Waals surface area contributed by atoms with Crippen molar-refractivity contribution in [3.05, 3.63) is 59.7 Å². The van der Waals surface area contributed by atoms with E-state index < -0.39 is 0 Å². The van der Waals surface area contributed by atoms with Gasteiger partial charge in [-0.3, -0.25) is 0 Å². The lowest BCUT2D eigenvalue weighted by Gasteiger charge is -2.19. The summed E-state index contributed by atoms with van der Waals surface area (Å²) in [6.07, 6.45) is 0. The van der Waals surface area contributed by atoms with Crippen LogP contribution < -0.4 is 5.73 Å². The smallest absolute Gasteiger partial charge is 0.0178 e. The molecule has 0 heterocycles. The largest absolute Gasteiger partial charge is 0.326 e. The van der Waals surface area contributed by atoms with Gasteiger partial charge in [0.2, 0.25) is 0 Å². The van der Waals surface area contributed by atoms with E-state index in [9.17, 15) is 0 Å². The third kappa shape index (κ3) is 3.85. The molecule has 2 N–H and O–H groups in total. The molecule has 0 aromatic heterocycles. The zero-order valence-corrected chi connectivity index (χ0v) is 12.6. The fourth-order valence-corrected chi connectivity index (χ4v) is 2.80. The molecule has 0 saturated carbocycles. The van der Waals surface area contributed by atoms with Gasteiger partial charge in [0.1, 0.15) is 0 Å². The van der Waals surface area contributed by atoms with Gasteiger partial charge in [0.05, 0.1) is 0 Å². The SMILES string of the molecule is CC(C)(C)c1ccc(Sc2cccc(CN)c2)cc1. The lowest BCUT2D eigenvalue weighted by atomic mass is 9.87. The first-order valence-electron chi connectivity index (χ1n) is 6.56. The normalized spacial score (nSPS) is 11.6. The molecule has 0 aliphatic carbocycles. The lowest BCUT2D eigenvalue weighted by molar-refractivity contribution is 0.590. The second-order valence-corrected chi connectivity index (χ2v) is 6.87. The third-order valence-electron chi connectivity index (χ3n) is 3.09. The predicted molar refractivity (Wildman–Crippen MR) is 83.6 cm³/mol. The van der Waals surface area contributed by atoms with Gasteiger partial charge in [-0.2, -0.15) is 0 Å². The van der Waals surface area contributed by atoms with Crippen LogP contribution in [0.1, 0.15) is 31.9 Å². The van der Waals surface area contributed by atoms with Crippen LogP contribution in [0.5, 0.6) is 0 Å². The summed E-state index contributed by atoms with van der Waals surface area (Å²) in [6, 6.07) is 17.2. The maximum atomic E-state index is 5.67. The van der Waals surface area contributed by atoms with Gasteiger partial charge in [0, 0.05) is 16.3 Å². The molecule has 100 valence electrons. The van der Waals surface area contributed by atoms with Gasteiger partial charge < -0.3 is 5.73 Å². The molecule has 19 heavy (non-hydrogen) atoms. The van der Waals surface area contributed by atoms with Gasteiger partial charge in [0.15, 0.2) is 0 Å². The van der Waals surface area contributed by atoms with Crippen molar-refractivity contribution < 1.29 is 0 Å². The summed E-state index contributed by atoms with van der Waals surface area (Å²) in [7, 11) is 0. The van der Waals surface area contributed by atoms with Gasteiger partial charge in [-0.05, 0) is 40.8 Å². The van der Waals surface area contributed by atoms with Crippen molar-refractivity contribution in [2.75, 3.05) is 0 Å². The Morgan fingerprint density at radius 1 is 0.947 bits per heavy atom. The maximum Gasteiger partial charge on any atom is 0.0178 e. The van der Waals surface area contributed by atoms with Gasteiger partial charge >= 0.3 is 0 Å². The second-order valence-electron chi connectivity index (χ2n) is 5.73. The van der Waals surface area contributed by atoms with E-state index >= 15 is 0 Å². The van der Waals surface area contributed by atoms with Gasteiger partial charge in [-0.1, -0.05) is 56.8 Å². The Hall–Kier alpha value is -1.25. The summed E-state index contributed by atoms with van der Waals surface area (Å²) < 4.78 is 0. The minimum absolute atomic E-state index is 0.211. The first kappa shape index (κ1) is 14.2. The highest BCUT2D eigenvalue weighted by Crippen LogP contribution is 2.30. The first-order chi connectivity index (χ1) is 8.99. The zero-order chi connectivity index (χ0) is 13.9. The molecule has 2 heteroatoms. The fourth-order valence-electron chi connectivity index (χ4n) is 1.90. The molecule has 0 unspecified atom stereocenters. The average Bonchev–Trinajstić information content (AvgIpc) is 2.38. The molecule has 2 rings (SSSR count). The number of benzene rings is 2. The highest BCUT2D eigenvalue weighted by atomic mass is 32.2. The van der Waals surface area contributed by atoms with E-state index in [0.717, 1.165) is 0 Å². The molecule has 2 aromatic rings. The van der Waals surface area contributed by atoms with Crippen molar-refractivity contribution in [1.82, 2.24) is 0 Å². The lowest BCUT2D eigenvalue weighted by Crippen LogP contribution is -2.10. The molecule has 0 spiro atoms. The Morgan fingerprint density at radius 3 is 2.21 bits per heavy atom. The van der Waals surface area contributed by atoms with E-state index in [4.69, 9.17) is 5.73 Å². The zero-order valence-electron chi connectivity index (χ0n) is 11.8. The number of hydrogen-bond acceptors (Lipinski definition) is 2. The summed E-state index contributed by atoms with van der Waals surface area (Å²) in [5.41, 5.74) is 8.43. The molecule has 0 atom stereocenters. The summed E-state index contributed by atoms with van der Waals surface area (Å²) in [6.45, 7) is 7.30. The molecule has 0 fully saturated rings. The third-order valence-corrected chi connectivity index (χ3v) is 4.09. The van der Waals surface area contributed by atoms with Gasteiger partial charge in [-0.25, -0.2) is 0 Å². The van der Waals surface area contributed by atoms with Gasteiger partial charge in [-0.15, -0.1) is 0 Å². The van der Waals surface area contributed by atoms with Crippen molar-refractivity contribution in [3.8, 4) is 0 Å². The van der Waals surface area contributed by atoms with Crippen molar-refractivity contribution in [2.24, 2.45) is 5.73 Å². The van der Waals surface area contributed by atoms with E-state index in [0.29, 0.717) is 6.54 Å². The van der Waals surface area contributed by atoms with Crippen LogP contribution in [0.25, 0.3) is 0 Å². The number of rotatable bonds is 3. The van der Waals surface area contributed by atoms with Crippen LogP contribution in [0.15, 0.2) is 58.3 Å². The van der Waals surface area contributed by atoms with Crippen molar-refractivity contribution in [2.45, 2.75) is 42.5 Å². The number of nitrogens with two attached hydrogens (primary N) is 1. The highest BCUT2D eigenvalue weighted by molar-refractivity contribution is 7.99. The minimum Gasteiger partial charge on any atom is -0.326 e. The first-order valence-corrected chi connectivity index (χ1v) is 7.38. The van der Waals surface area contributed by atoms with E-state index in [1.165, 1.54) is 20.9 Å². The molecule has 1 nitrogen and oxygen atoms in total. The Labute approximate surface area is 120 Å². The Balaban J connectivity index is 2.15.